The van der Waals surface area contributed by atoms with E-state index in [1.54, 1.807) is 7.11 Å². The largest absolute Gasteiger partial charge is 0.497 e. The van der Waals surface area contributed by atoms with Crippen LogP contribution < -0.4 is 10.5 Å². The van der Waals surface area contributed by atoms with Crippen LogP contribution in [-0.2, 0) is 5.41 Å². The summed E-state index contributed by atoms with van der Waals surface area (Å²) >= 11 is 0. The van der Waals surface area contributed by atoms with Crippen molar-refractivity contribution in [2.24, 2.45) is 5.73 Å². The van der Waals surface area contributed by atoms with Crippen molar-refractivity contribution in [3.05, 3.63) is 29.3 Å². The second-order valence-corrected chi connectivity index (χ2v) is 5.35. The molecule has 2 nitrogen and oxygen atoms in total. The summed E-state index contributed by atoms with van der Waals surface area (Å²) in [5.74, 6) is 0.949. The summed E-state index contributed by atoms with van der Waals surface area (Å²) < 4.78 is 5.22. The Balaban J connectivity index is 1.94. The van der Waals surface area contributed by atoms with E-state index in [0.29, 0.717) is 5.41 Å². The fourth-order valence-electron chi connectivity index (χ4n) is 3.51. The molecular formula is C13H17NO. The molecule has 0 radical (unpaired) electrons. The van der Waals surface area contributed by atoms with Crippen molar-refractivity contribution in [3.63, 3.8) is 0 Å². The zero-order valence-corrected chi connectivity index (χ0v) is 9.34. The molecule has 3 aliphatic rings. The molecule has 2 heteroatoms. The fourth-order valence-corrected chi connectivity index (χ4v) is 3.51. The van der Waals surface area contributed by atoms with Gasteiger partial charge in [-0.3, -0.25) is 0 Å². The summed E-state index contributed by atoms with van der Waals surface area (Å²) in [4.78, 5) is 0. The highest BCUT2D eigenvalue weighted by Crippen LogP contribution is 2.66. The van der Waals surface area contributed by atoms with Gasteiger partial charge in [-0.2, -0.15) is 0 Å². The molecular weight excluding hydrogens is 186 g/mol. The summed E-state index contributed by atoms with van der Waals surface area (Å²) in [6.07, 6.45) is 3.52. The molecule has 1 aromatic rings. The van der Waals surface area contributed by atoms with E-state index >= 15 is 0 Å². The lowest BCUT2D eigenvalue weighted by atomic mass is 9.37. The molecule has 0 aromatic heterocycles. The highest BCUT2D eigenvalue weighted by molar-refractivity contribution is 5.47. The average Bonchev–Trinajstić information content (AvgIpc) is 2.12. The van der Waals surface area contributed by atoms with E-state index < -0.39 is 0 Å². The van der Waals surface area contributed by atoms with Gasteiger partial charge in [-0.05, 0) is 49.4 Å². The van der Waals surface area contributed by atoms with Gasteiger partial charge in [-0.1, -0.05) is 6.07 Å². The van der Waals surface area contributed by atoms with Crippen LogP contribution in [0.3, 0.4) is 0 Å². The Morgan fingerprint density at radius 1 is 1.27 bits per heavy atom. The number of aryl methyl sites for hydroxylation is 1. The van der Waals surface area contributed by atoms with Crippen molar-refractivity contribution in [3.8, 4) is 5.75 Å². The third-order valence-corrected chi connectivity index (χ3v) is 4.08. The fraction of sp³-hybridized carbons (Fsp3) is 0.538. The smallest absolute Gasteiger partial charge is 0.119 e. The topological polar surface area (TPSA) is 35.2 Å². The number of methoxy groups -OCH3 is 1. The van der Waals surface area contributed by atoms with Crippen molar-refractivity contribution in [2.45, 2.75) is 37.1 Å². The molecule has 3 aliphatic carbocycles. The van der Waals surface area contributed by atoms with Crippen LogP contribution in [0.15, 0.2) is 18.2 Å². The van der Waals surface area contributed by atoms with Crippen LogP contribution in [0.1, 0.15) is 30.4 Å². The SMILES string of the molecule is COc1ccc(C23CC(N)(C2)C3)c(C)c1. The zero-order chi connectivity index (χ0) is 10.7. The van der Waals surface area contributed by atoms with Gasteiger partial charge in [0.05, 0.1) is 7.11 Å². The van der Waals surface area contributed by atoms with Crippen LogP contribution in [0.25, 0.3) is 0 Å². The van der Waals surface area contributed by atoms with Gasteiger partial charge >= 0.3 is 0 Å². The molecule has 4 rings (SSSR count). The van der Waals surface area contributed by atoms with Crippen molar-refractivity contribution in [2.75, 3.05) is 7.11 Å². The Morgan fingerprint density at radius 3 is 2.40 bits per heavy atom. The second-order valence-electron chi connectivity index (χ2n) is 5.35. The maximum absolute atomic E-state index is 6.09. The second kappa shape index (κ2) is 2.56. The molecule has 15 heavy (non-hydrogen) atoms. The van der Waals surface area contributed by atoms with Crippen LogP contribution in [0.2, 0.25) is 0 Å². The lowest BCUT2D eigenvalue weighted by Gasteiger charge is -2.69. The minimum absolute atomic E-state index is 0.187. The van der Waals surface area contributed by atoms with E-state index in [1.165, 1.54) is 30.4 Å². The summed E-state index contributed by atoms with van der Waals surface area (Å²) in [6.45, 7) is 2.17. The van der Waals surface area contributed by atoms with Gasteiger partial charge in [-0.15, -0.1) is 0 Å². The molecule has 1 aromatic carbocycles. The van der Waals surface area contributed by atoms with Crippen molar-refractivity contribution in [1.82, 2.24) is 0 Å². The number of nitrogens with two attached hydrogens (primary N) is 1. The first kappa shape index (κ1) is 9.22. The Hall–Kier alpha value is -1.02. The summed E-state index contributed by atoms with van der Waals surface area (Å²) in [7, 11) is 1.71. The zero-order valence-electron chi connectivity index (χ0n) is 9.34. The van der Waals surface area contributed by atoms with Crippen molar-refractivity contribution >= 4 is 0 Å². The van der Waals surface area contributed by atoms with Crippen LogP contribution in [0, 0.1) is 6.92 Å². The normalized spacial score (nSPS) is 36.7. The van der Waals surface area contributed by atoms with Gasteiger partial charge in [0.25, 0.3) is 0 Å². The number of ether oxygens (including phenoxy) is 1. The highest BCUT2D eigenvalue weighted by atomic mass is 16.5. The first-order valence-corrected chi connectivity index (χ1v) is 5.51. The number of hydrogen-bond donors (Lipinski definition) is 1. The monoisotopic (exact) mass is 203 g/mol. The Bertz CT molecular complexity index is 405. The van der Waals surface area contributed by atoms with Crippen LogP contribution in [0.4, 0.5) is 0 Å². The molecule has 0 atom stereocenters. The molecule has 0 heterocycles. The van der Waals surface area contributed by atoms with Crippen LogP contribution >= 0.6 is 0 Å². The van der Waals surface area contributed by atoms with Crippen LogP contribution in [-0.4, -0.2) is 12.6 Å². The molecule has 3 fully saturated rings. The van der Waals surface area contributed by atoms with Crippen molar-refractivity contribution in [1.29, 1.82) is 0 Å². The van der Waals surface area contributed by atoms with E-state index in [0.717, 1.165) is 5.75 Å². The van der Waals surface area contributed by atoms with E-state index in [2.05, 4.69) is 25.1 Å². The number of hydrogen-bond acceptors (Lipinski definition) is 2. The molecule has 0 amide bonds. The predicted molar refractivity (Wildman–Crippen MR) is 60.2 cm³/mol. The summed E-state index contributed by atoms with van der Waals surface area (Å²) in [5, 5.41) is 0. The minimum Gasteiger partial charge on any atom is -0.497 e. The van der Waals surface area contributed by atoms with E-state index in [4.69, 9.17) is 10.5 Å². The lowest BCUT2D eigenvalue weighted by Crippen LogP contribution is -2.74. The molecule has 2 N–H and O–H groups in total. The van der Waals surface area contributed by atoms with Gasteiger partial charge in [0, 0.05) is 11.0 Å². The number of rotatable bonds is 2. The number of benzene rings is 1. The molecule has 0 aliphatic heterocycles. The Kier molecular flexibility index (Phi) is 1.57. The molecule has 0 saturated heterocycles. The minimum atomic E-state index is 0.187. The van der Waals surface area contributed by atoms with Gasteiger partial charge in [0.2, 0.25) is 0 Å². The van der Waals surface area contributed by atoms with Gasteiger partial charge in [0.15, 0.2) is 0 Å². The molecule has 0 unspecified atom stereocenters. The average molecular weight is 203 g/mol. The Labute approximate surface area is 90.4 Å². The van der Waals surface area contributed by atoms with Gasteiger partial charge in [0.1, 0.15) is 5.75 Å². The lowest BCUT2D eigenvalue weighted by molar-refractivity contribution is -0.0594. The summed E-state index contributed by atoms with van der Waals surface area (Å²) in [6, 6.07) is 6.40. The molecule has 2 bridgehead atoms. The Morgan fingerprint density at radius 2 is 1.93 bits per heavy atom. The standard InChI is InChI=1S/C13H17NO/c1-9-5-10(15-2)3-4-11(9)12-6-13(14,7-12)8-12/h3-5H,6-8,14H2,1-2H3. The van der Waals surface area contributed by atoms with E-state index in [-0.39, 0.29) is 5.54 Å². The van der Waals surface area contributed by atoms with E-state index in [1.807, 2.05) is 0 Å². The predicted octanol–water partition coefficient (Wildman–Crippen LogP) is 2.14. The third kappa shape index (κ3) is 1.08. The third-order valence-electron chi connectivity index (χ3n) is 4.08. The summed E-state index contributed by atoms with van der Waals surface area (Å²) in [5.41, 5.74) is 9.53. The van der Waals surface area contributed by atoms with Gasteiger partial charge in [-0.25, -0.2) is 0 Å². The quantitative estimate of drug-likeness (QED) is 0.799. The van der Waals surface area contributed by atoms with Crippen molar-refractivity contribution < 1.29 is 4.74 Å². The molecule has 3 saturated carbocycles. The molecule has 0 spiro atoms. The van der Waals surface area contributed by atoms with Gasteiger partial charge < -0.3 is 10.5 Å². The van der Waals surface area contributed by atoms with E-state index in [9.17, 15) is 0 Å². The molecule has 80 valence electrons. The van der Waals surface area contributed by atoms with Crippen LogP contribution in [0.5, 0.6) is 5.75 Å². The maximum atomic E-state index is 6.09. The highest BCUT2D eigenvalue weighted by Gasteiger charge is 2.66. The first-order valence-electron chi connectivity index (χ1n) is 5.51. The maximum Gasteiger partial charge on any atom is 0.119 e. The first-order chi connectivity index (χ1) is 7.07.